The maximum Gasteiger partial charge on any atom is 0.314 e. The van der Waals surface area contributed by atoms with Gasteiger partial charge in [-0.25, -0.2) is 4.98 Å². The summed E-state index contributed by atoms with van der Waals surface area (Å²) in [7, 11) is 0. The summed E-state index contributed by atoms with van der Waals surface area (Å²) in [4.78, 5) is 4.04. The van der Waals surface area contributed by atoms with Crippen LogP contribution >= 0.6 is 0 Å². The van der Waals surface area contributed by atoms with E-state index in [1.807, 2.05) is 0 Å². The molecule has 1 aliphatic carbocycles. The molecular weight excluding hydrogens is 260 g/mol. The summed E-state index contributed by atoms with van der Waals surface area (Å²) >= 11 is 0. The van der Waals surface area contributed by atoms with Gasteiger partial charge in [-0.15, -0.1) is 10.2 Å². The van der Waals surface area contributed by atoms with Gasteiger partial charge in [0.15, 0.2) is 5.69 Å². The number of hydrogen-bond acceptors (Lipinski definition) is 6. The van der Waals surface area contributed by atoms with E-state index >= 15 is 0 Å². The Kier molecular flexibility index (Phi) is 3.24. The Labute approximate surface area is 106 Å². The molecule has 102 valence electrons. The smallest absolute Gasteiger partial charge is 0.314 e. The Balaban J connectivity index is 1.62. The molecule has 8 heteroatoms. The molecule has 2 aromatic rings. The van der Waals surface area contributed by atoms with Gasteiger partial charge in [-0.3, -0.25) is 0 Å². The van der Waals surface area contributed by atoms with Gasteiger partial charge in [0.25, 0.3) is 11.8 Å². The van der Waals surface area contributed by atoms with Gasteiger partial charge in [-0.05, 0) is 18.8 Å². The summed E-state index contributed by atoms with van der Waals surface area (Å²) in [5.74, 6) is 0.184. The average Bonchev–Trinajstić information content (AvgIpc) is 2.92. The van der Waals surface area contributed by atoms with Crippen LogP contribution in [0.1, 0.15) is 31.0 Å². The largest absolute Gasteiger partial charge is 0.446 e. The van der Waals surface area contributed by atoms with E-state index in [4.69, 9.17) is 13.6 Å². The van der Waals surface area contributed by atoms with Gasteiger partial charge in [-0.2, -0.15) is 8.78 Å². The standard InChI is InChI=1S/C11H11F2N3O3/c12-9(13)11-16-15-10(19-11)7-4-18-8(14-7)5-17-3-6-1-2-6/h4,6,9H,1-3,5H2. The number of alkyl halides is 2. The molecule has 0 aromatic carbocycles. The molecule has 1 saturated carbocycles. The quantitative estimate of drug-likeness (QED) is 0.803. The lowest BCUT2D eigenvalue weighted by atomic mass is 10.5. The fraction of sp³-hybridized carbons (Fsp3) is 0.545. The van der Waals surface area contributed by atoms with Crippen molar-refractivity contribution in [2.24, 2.45) is 5.92 Å². The summed E-state index contributed by atoms with van der Waals surface area (Å²) in [5.41, 5.74) is 0.226. The number of nitrogens with zero attached hydrogens (tertiary/aromatic N) is 3. The second-order valence-corrected chi connectivity index (χ2v) is 4.33. The predicted molar refractivity (Wildman–Crippen MR) is 57.1 cm³/mol. The van der Waals surface area contributed by atoms with Crippen LogP contribution in [0.15, 0.2) is 15.1 Å². The highest BCUT2D eigenvalue weighted by atomic mass is 19.3. The first-order valence-electron chi connectivity index (χ1n) is 5.86. The van der Waals surface area contributed by atoms with Gasteiger partial charge in [0, 0.05) is 0 Å². The first kappa shape index (κ1) is 12.2. The van der Waals surface area contributed by atoms with Crippen molar-refractivity contribution in [3.05, 3.63) is 18.0 Å². The molecule has 19 heavy (non-hydrogen) atoms. The van der Waals surface area contributed by atoms with Crippen LogP contribution in [-0.2, 0) is 11.3 Å². The Bertz CT molecular complexity index is 551. The fourth-order valence-corrected chi connectivity index (χ4v) is 1.50. The van der Waals surface area contributed by atoms with Crippen LogP contribution in [0.5, 0.6) is 0 Å². The Morgan fingerprint density at radius 3 is 2.89 bits per heavy atom. The zero-order valence-electron chi connectivity index (χ0n) is 9.88. The first-order chi connectivity index (χ1) is 9.22. The minimum Gasteiger partial charge on any atom is -0.446 e. The molecule has 3 rings (SSSR count). The number of rotatable bonds is 6. The molecule has 0 aliphatic heterocycles. The SMILES string of the molecule is FC(F)c1nnc(-c2coc(COCC3CC3)n2)o1. The maximum absolute atomic E-state index is 12.3. The molecule has 0 unspecified atom stereocenters. The van der Waals surface area contributed by atoms with Crippen LogP contribution in [0.2, 0.25) is 0 Å². The average molecular weight is 271 g/mol. The van der Waals surface area contributed by atoms with Gasteiger partial charge in [0.05, 0.1) is 6.61 Å². The maximum atomic E-state index is 12.3. The summed E-state index contributed by atoms with van der Waals surface area (Å²) < 4.78 is 39.9. The molecule has 0 radical (unpaired) electrons. The number of ether oxygens (including phenoxy) is 1. The monoisotopic (exact) mass is 271 g/mol. The zero-order valence-corrected chi connectivity index (χ0v) is 9.88. The highest BCUT2D eigenvalue weighted by Crippen LogP contribution is 2.29. The van der Waals surface area contributed by atoms with Crippen LogP contribution in [0.25, 0.3) is 11.6 Å². The number of hydrogen-bond donors (Lipinski definition) is 0. The van der Waals surface area contributed by atoms with E-state index < -0.39 is 12.3 Å². The lowest BCUT2D eigenvalue weighted by Gasteiger charge is -1.97. The van der Waals surface area contributed by atoms with Gasteiger partial charge >= 0.3 is 6.43 Å². The third-order valence-electron chi connectivity index (χ3n) is 2.67. The first-order valence-corrected chi connectivity index (χ1v) is 5.86. The highest BCUT2D eigenvalue weighted by Gasteiger charge is 2.22. The van der Waals surface area contributed by atoms with E-state index in [-0.39, 0.29) is 18.2 Å². The second-order valence-electron chi connectivity index (χ2n) is 4.33. The van der Waals surface area contributed by atoms with E-state index in [1.165, 1.54) is 19.1 Å². The van der Waals surface area contributed by atoms with Crippen molar-refractivity contribution in [1.82, 2.24) is 15.2 Å². The topological polar surface area (TPSA) is 74.2 Å². The Morgan fingerprint density at radius 2 is 2.21 bits per heavy atom. The van der Waals surface area contributed by atoms with Crippen molar-refractivity contribution in [3.63, 3.8) is 0 Å². The Hall–Kier alpha value is -1.83. The molecule has 2 aromatic heterocycles. The molecule has 6 nitrogen and oxygen atoms in total. The lowest BCUT2D eigenvalue weighted by Crippen LogP contribution is -1.97. The third-order valence-corrected chi connectivity index (χ3v) is 2.67. The fourth-order valence-electron chi connectivity index (χ4n) is 1.50. The molecule has 0 bridgehead atoms. The molecule has 1 fully saturated rings. The normalized spacial score (nSPS) is 15.3. The van der Waals surface area contributed by atoms with E-state index in [2.05, 4.69) is 15.2 Å². The zero-order chi connectivity index (χ0) is 13.2. The summed E-state index contributed by atoms with van der Waals surface area (Å²) in [6.07, 6.45) is 0.887. The van der Waals surface area contributed by atoms with Crippen molar-refractivity contribution in [2.75, 3.05) is 6.61 Å². The van der Waals surface area contributed by atoms with E-state index in [0.29, 0.717) is 18.4 Å². The van der Waals surface area contributed by atoms with Crippen LogP contribution in [0.3, 0.4) is 0 Å². The minimum atomic E-state index is -2.80. The van der Waals surface area contributed by atoms with E-state index in [1.54, 1.807) is 0 Å². The molecule has 0 amide bonds. The van der Waals surface area contributed by atoms with Crippen LogP contribution in [-0.4, -0.2) is 21.8 Å². The molecule has 0 N–H and O–H groups in total. The molecule has 1 aliphatic rings. The second kappa shape index (κ2) is 5.04. The van der Waals surface area contributed by atoms with Crippen molar-refractivity contribution in [1.29, 1.82) is 0 Å². The van der Waals surface area contributed by atoms with Gasteiger partial charge in [0.1, 0.15) is 12.9 Å². The molecule has 0 spiro atoms. The molecular formula is C11H11F2N3O3. The summed E-state index contributed by atoms with van der Waals surface area (Å²) in [5, 5.41) is 6.69. The highest BCUT2D eigenvalue weighted by molar-refractivity contribution is 5.43. The lowest BCUT2D eigenvalue weighted by molar-refractivity contribution is 0.0939. The predicted octanol–water partition coefficient (Wildman–Crippen LogP) is 2.59. The number of aromatic nitrogens is 3. The van der Waals surface area contributed by atoms with E-state index in [9.17, 15) is 8.78 Å². The minimum absolute atomic E-state index is 0.0903. The van der Waals surface area contributed by atoms with Gasteiger partial charge in [-0.1, -0.05) is 0 Å². The molecule has 0 saturated heterocycles. The summed E-state index contributed by atoms with van der Waals surface area (Å²) in [6, 6.07) is 0. The van der Waals surface area contributed by atoms with Gasteiger partial charge in [0.2, 0.25) is 5.89 Å². The molecule has 0 atom stereocenters. The van der Waals surface area contributed by atoms with Crippen LogP contribution < -0.4 is 0 Å². The summed E-state index contributed by atoms with van der Waals surface area (Å²) in [6.45, 7) is 0.931. The van der Waals surface area contributed by atoms with E-state index in [0.717, 1.165) is 0 Å². The van der Waals surface area contributed by atoms with Crippen molar-refractivity contribution in [2.45, 2.75) is 25.9 Å². The van der Waals surface area contributed by atoms with Crippen molar-refractivity contribution < 1.29 is 22.4 Å². The van der Waals surface area contributed by atoms with Crippen LogP contribution in [0, 0.1) is 5.92 Å². The Morgan fingerprint density at radius 1 is 1.37 bits per heavy atom. The number of oxazole rings is 1. The molecule has 2 heterocycles. The van der Waals surface area contributed by atoms with Crippen LogP contribution in [0.4, 0.5) is 8.78 Å². The van der Waals surface area contributed by atoms with Gasteiger partial charge < -0.3 is 13.6 Å². The van der Waals surface area contributed by atoms with Crippen molar-refractivity contribution in [3.8, 4) is 11.6 Å². The third kappa shape index (κ3) is 2.95. The number of halogens is 2. The van der Waals surface area contributed by atoms with Crippen molar-refractivity contribution >= 4 is 0 Å².